The SMILES string of the molecule is CCCCN(Cc1nc2ccc(F)cc2n1CCC)C(=O)c1ccccc1. The maximum atomic E-state index is 13.7. The van der Waals surface area contributed by atoms with Crippen LogP contribution in [-0.4, -0.2) is 26.9 Å². The van der Waals surface area contributed by atoms with Gasteiger partial charge in [-0.1, -0.05) is 38.5 Å². The van der Waals surface area contributed by atoms with Gasteiger partial charge in [0.25, 0.3) is 5.91 Å². The maximum Gasteiger partial charge on any atom is 0.254 e. The van der Waals surface area contributed by atoms with Crippen LogP contribution in [0.15, 0.2) is 48.5 Å². The maximum absolute atomic E-state index is 13.7. The second-order valence-corrected chi connectivity index (χ2v) is 6.76. The van der Waals surface area contributed by atoms with E-state index < -0.39 is 0 Å². The molecule has 0 saturated heterocycles. The monoisotopic (exact) mass is 367 g/mol. The molecule has 0 aliphatic heterocycles. The van der Waals surface area contributed by atoms with Crippen molar-refractivity contribution in [3.05, 3.63) is 65.7 Å². The van der Waals surface area contributed by atoms with Crippen LogP contribution in [0.25, 0.3) is 11.0 Å². The zero-order chi connectivity index (χ0) is 19.2. The van der Waals surface area contributed by atoms with E-state index in [-0.39, 0.29) is 11.7 Å². The number of hydrogen-bond donors (Lipinski definition) is 0. The number of carbonyl (C=O) groups excluding carboxylic acids is 1. The topological polar surface area (TPSA) is 38.1 Å². The van der Waals surface area contributed by atoms with Crippen LogP contribution in [0.1, 0.15) is 49.3 Å². The average molecular weight is 367 g/mol. The van der Waals surface area contributed by atoms with Crippen molar-refractivity contribution >= 4 is 16.9 Å². The van der Waals surface area contributed by atoms with Crippen molar-refractivity contribution in [2.75, 3.05) is 6.54 Å². The zero-order valence-electron chi connectivity index (χ0n) is 16.0. The molecule has 0 aliphatic carbocycles. The van der Waals surface area contributed by atoms with Crippen LogP contribution >= 0.6 is 0 Å². The van der Waals surface area contributed by atoms with Crippen molar-refractivity contribution in [2.45, 2.75) is 46.2 Å². The third-order valence-corrected chi connectivity index (χ3v) is 4.66. The lowest BCUT2D eigenvalue weighted by Gasteiger charge is -2.23. The normalized spacial score (nSPS) is 11.1. The van der Waals surface area contributed by atoms with E-state index in [1.165, 1.54) is 12.1 Å². The second-order valence-electron chi connectivity index (χ2n) is 6.76. The van der Waals surface area contributed by atoms with Crippen LogP contribution in [-0.2, 0) is 13.1 Å². The van der Waals surface area contributed by atoms with Crippen LogP contribution in [0.5, 0.6) is 0 Å². The minimum absolute atomic E-state index is 0.00494. The summed E-state index contributed by atoms with van der Waals surface area (Å²) in [5.41, 5.74) is 2.23. The van der Waals surface area contributed by atoms with Crippen molar-refractivity contribution < 1.29 is 9.18 Å². The number of halogens is 1. The molecule has 1 amide bonds. The minimum atomic E-state index is -0.269. The Hall–Kier alpha value is -2.69. The summed E-state index contributed by atoms with van der Waals surface area (Å²) in [6, 6.07) is 14.0. The third-order valence-electron chi connectivity index (χ3n) is 4.66. The van der Waals surface area contributed by atoms with Gasteiger partial charge >= 0.3 is 0 Å². The van der Waals surface area contributed by atoms with Gasteiger partial charge in [0, 0.05) is 18.7 Å². The molecular weight excluding hydrogens is 341 g/mol. The average Bonchev–Trinajstić information content (AvgIpc) is 3.02. The molecule has 4 nitrogen and oxygen atoms in total. The van der Waals surface area contributed by atoms with Gasteiger partial charge in [-0.3, -0.25) is 4.79 Å². The van der Waals surface area contributed by atoms with Gasteiger partial charge in [0.1, 0.15) is 11.6 Å². The molecule has 2 aromatic carbocycles. The van der Waals surface area contributed by atoms with E-state index >= 15 is 0 Å². The highest BCUT2D eigenvalue weighted by molar-refractivity contribution is 5.94. The number of carbonyl (C=O) groups is 1. The number of hydrogen-bond acceptors (Lipinski definition) is 2. The van der Waals surface area contributed by atoms with Gasteiger partial charge in [-0.2, -0.15) is 0 Å². The summed E-state index contributed by atoms with van der Waals surface area (Å²) in [5.74, 6) is 0.540. The molecule has 0 atom stereocenters. The molecule has 0 radical (unpaired) electrons. The fourth-order valence-corrected chi connectivity index (χ4v) is 3.27. The Labute approximate surface area is 159 Å². The second kappa shape index (κ2) is 8.80. The summed E-state index contributed by atoms with van der Waals surface area (Å²) >= 11 is 0. The Morgan fingerprint density at radius 2 is 1.89 bits per heavy atom. The van der Waals surface area contributed by atoms with Crippen molar-refractivity contribution in [1.82, 2.24) is 14.5 Å². The number of aromatic nitrogens is 2. The molecule has 0 fully saturated rings. The van der Waals surface area contributed by atoms with Gasteiger partial charge in [0.2, 0.25) is 0 Å². The van der Waals surface area contributed by atoms with E-state index in [2.05, 4.69) is 13.8 Å². The Balaban J connectivity index is 1.95. The lowest BCUT2D eigenvalue weighted by atomic mass is 10.2. The molecule has 0 N–H and O–H groups in total. The molecule has 27 heavy (non-hydrogen) atoms. The van der Waals surface area contributed by atoms with Crippen LogP contribution in [0, 0.1) is 5.82 Å². The molecule has 142 valence electrons. The number of rotatable bonds is 8. The summed E-state index contributed by atoms with van der Waals surface area (Å²) < 4.78 is 15.8. The summed E-state index contributed by atoms with van der Waals surface area (Å²) in [4.78, 5) is 19.6. The van der Waals surface area contributed by atoms with E-state index in [0.29, 0.717) is 18.7 Å². The number of imidazole rings is 1. The first-order valence-corrected chi connectivity index (χ1v) is 9.63. The zero-order valence-corrected chi connectivity index (χ0v) is 16.0. The predicted octanol–water partition coefficient (Wildman–Crippen LogP) is 5.03. The summed E-state index contributed by atoms with van der Waals surface area (Å²) in [6.07, 6.45) is 2.85. The fraction of sp³-hybridized carbons (Fsp3) is 0.364. The summed E-state index contributed by atoms with van der Waals surface area (Å²) in [5, 5.41) is 0. The summed E-state index contributed by atoms with van der Waals surface area (Å²) in [6.45, 7) is 6.04. The number of fused-ring (bicyclic) bond motifs is 1. The third kappa shape index (κ3) is 4.35. The molecule has 1 aromatic heterocycles. The molecule has 5 heteroatoms. The van der Waals surface area contributed by atoms with Gasteiger partial charge in [-0.25, -0.2) is 9.37 Å². The molecule has 0 unspecified atom stereocenters. The number of amides is 1. The molecule has 0 saturated carbocycles. The Kier molecular flexibility index (Phi) is 6.22. The van der Waals surface area contributed by atoms with Gasteiger partial charge in [-0.15, -0.1) is 0 Å². The number of unbranched alkanes of at least 4 members (excludes halogenated alkanes) is 1. The van der Waals surface area contributed by atoms with Crippen LogP contribution in [0.2, 0.25) is 0 Å². The van der Waals surface area contributed by atoms with E-state index in [1.54, 1.807) is 6.07 Å². The van der Waals surface area contributed by atoms with E-state index in [0.717, 1.165) is 42.7 Å². The van der Waals surface area contributed by atoms with E-state index in [9.17, 15) is 9.18 Å². The van der Waals surface area contributed by atoms with Gasteiger partial charge in [0.05, 0.1) is 17.6 Å². The predicted molar refractivity (Wildman–Crippen MR) is 106 cm³/mol. The standard InChI is InChI=1S/C22H26FN3O/c1-3-5-14-25(22(27)17-9-7-6-8-10-17)16-21-24-19-12-11-18(23)15-20(19)26(21)13-4-2/h6-12,15H,3-5,13-14,16H2,1-2H3. The molecule has 1 heterocycles. The highest BCUT2D eigenvalue weighted by Crippen LogP contribution is 2.20. The van der Waals surface area contributed by atoms with E-state index in [1.807, 2.05) is 39.8 Å². The first kappa shape index (κ1) is 19.1. The van der Waals surface area contributed by atoms with Crippen molar-refractivity contribution in [3.8, 4) is 0 Å². The van der Waals surface area contributed by atoms with Gasteiger partial charge in [0.15, 0.2) is 0 Å². The molecule has 3 aromatic rings. The van der Waals surface area contributed by atoms with Crippen molar-refractivity contribution in [3.63, 3.8) is 0 Å². The number of nitrogens with zero attached hydrogens (tertiary/aromatic N) is 3. The number of benzene rings is 2. The highest BCUT2D eigenvalue weighted by atomic mass is 19.1. The highest BCUT2D eigenvalue weighted by Gasteiger charge is 2.19. The Bertz CT molecular complexity index is 905. The van der Waals surface area contributed by atoms with Gasteiger partial charge < -0.3 is 9.47 Å². The quantitative estimate of drug-likeness (QED) is 0.560. The van der Waals surface area contributed by atoms with Crippen LogP contribution < -0.4 is 0 Å². The lowest BCUT2D eigenvalue weighted by molar-refractivity contribution is 0.0735. The smallest absolute Gasteiger partial charge is 0.254 e. The fourth-order valence-electron chi connectivity index (χ4n) is 3.27. The molecule has 0 bridgehead atoms. The van der Waals surface area contributed by atoms with Gasteiger partial charge in [-0.05, 0) is 43.2 Å². The van der Waals surface area contributed by atoms with Crippen molar-refractivity contribution in [1.29, 1.82) is 0 Å². The van der Waals surface area contributed by atoms with Crippen molar-refractivity contribution in [2.24, 2.45) is 0 Å². The molecular formula is C22H26FN3O. The first-order chi connectivity index (χ1) is 13.1. The van der Waals surface area contributed by atoms with Crippen LogP contribution in [0.3, 0.4) is 0 Å². The minimum Gasteiger partial charge on any atom is -0.331 e. The Morgan fingerprint density at radius 3 is 2.59 bits per heavy atom. The first-order valence-electron chi connectivity index (χ1n) is 9.63. The van der Waals surface area contributed by atoms with Crippen LogP contribution in [0.4, 0.5) is 4.39 Å². The molecule has 3 rings (SSSR count). The summed E-state index contributed by atoms with van der Waals surface area (Å²) in [7, 11) is 0. The molecule has 0 aliphatic rings. The largest absolute Gasteiger partial charge is 0.331 e. The molecule has 0 spiro atoms. The Morgan fingerprint density at radius 1 is 1.11 bits per heavy atom. The number of aryl methyl sites for hydroxylation is 1. The lowest BCUT2D eigenvalue weighted by Crippen LogP contribution is -2.32. The van der Waals surface area contributed by atoms with E-state index in [4.69, 9.17) is 4.98 Å².